The summed E-state index contributed by atoms with van der Waals surface area (Å²) in [5.41, 5.74) is -1.14. The molecule has 1 aromatic rings. The summed E-state index contributed by atoms with van der Waals surface area (Å²) < 4.78 is 51.5. The third kappa shape index (κ3) is 2.91. The predicted molar refractivity (Wildman–Crippen MR) is 69.9 cm³/mol. The molecule has 1 aromatic heterocycles. The third-order valence-electron chi connectivity index (χ3n) is 3.85. The summed E-state index contributed by atoms with van der Waals surface area (Å²) in [6.07, 6.45) is 1.07. The third-order valence-corrected chi connectivity index (χ3v) is 5.75. The van der Waals surface area contributed by atoms with Crippen LogP contribution in [0.4, 0.5) is 8.78 Å². The lowest BCUT2D eigenvalue weighted by Crippen LogP contribution is -2.47. The first-order valence-electron chi connectivity index (χ1n) is 6.42. The van der Waals surface area contributed by atoms with E-state index in [9.17, 15) is 22.5 Å². The first-order valence-corrected chi connectivity index (χ1v) is 7.86. The molecule has 1 atom stereocenters. The fraction of sp³-hybridized carbons (Fsp3) is 0.667. The van der Waals surface area contributed by atoms with Crippen LogP contribution < -0.4 is 0 Å². The Hall–Kier alpha value is -1.53. The van der Waals surface area contributed by atoms with Gasteiger partial charge in [-0.25, -0.2) is 17.2 Å². The van der Waals surface area contributed by atoms with Crippen LogP contribution in [0.3, 0.4) is 0 Å². The number of hydrogen-bond acceptors (Lipinski definition) is 4. The summed E-state index contributed by atoms with van der Waals surface area (Å²) >= 11 is 0. The van der Waals surface area contributed by atoms with Crippen LogP contribution in [-0.4, -0.2) is 41.5 Å². The molecule has 0 spiro atoms. The van der Waals surface area contributed by atoms with Crippen molar-refractivity contribution in [2.75, 3.05) is 7.05 Å². The SMILES string of the molecule is CN([C@](C)(C#N)C1CC1)S(=O)(=O)c1cnn(CC(F)F)c1. The van der Waals surface area contributed by atoms with Crippen LogP contribution in [0.5, 0.6) is 0 Å². The first kappa shape index (κ1) is 15.9. The summed E-state index contributed by atoms with van der Waals surface area (Å²) in [6, 6.07) is 2.05. The zero-order valence-electron chi connectivity index (χ0n) is 11.7. The molecule has 0 unspecified atom stereocenters. The van der Waals surface area contributed by atoms with Gasteiger partial charge in [0.1, 0.15) is 17.0 Å². The highest BCUT2D eigenvalue weighted by atomic mass is 32.2. The fourth-order valence-corrected chi connectivity index (χ4v) is 3.63. The van der Waals surface area contributed by atoms with Crippen molar-refractivity contribution in [3.8, 4) is 6.07 Å². The van der Waals surface area contributed by atoms with Crippen LogP contribution in [0.1, 0.15) is 19.8 Å². The maximum Gasteiger partial charge on any atom is 0.257 e. The van der Waals surface area contributed by atoms with E-state index in [0.29, 0.717) is 0 Å². The van der Waals surface area contributed by atoms with Crippen molar-refractivity contribution in [2.45, 2.75) is 43.2 Å². The average Bonchev–Trinajstić information content (AvgIpc) is 3.17. The van der Waals surface area contributed by atoms with Crippen LogP contribution in [0.25, 0.3) is 0 Å². The number of hydrogen-bond donors (Lipinski definition) is 0. The van der Waals surface area contributed by atoms with Crippen LogP contribution in [0.15, 0.2) is 17.3 Å². The summed E-state index contributed by atoms with van der Waals surface area (Å²) in [5, 5.41) is 12.9. The lowest BCUT2D eigenvalue weighted by molar-refractivity contribution is 0.121. The molecule has 0 aromatic carbocycles. The molecule has 6 nitrogen and oxygen atoms in total. The lowest BCUT2D eigenvalue weighted by Gasteiger charge is -2.31. The second-order valence-corrected chi connectivity index (χ2v) is 7.26. The van der Waals surface area contributed by atoms with Gasteiger partial charge in [-0.15, -0.1) is 0 Å². The van der Waals surface area contributed by atoms with Crippen LogP contribution in [0.2, 0.25) is 0 Å². The maximum atomic E-state index is 12.5. The topological polar surface area (TPSA) is 79.0 Å². The number of rotatable bonds is 6. The van der Waals surface area contributed by atoms with Crippen molar-refractivity contribution in [1.29, 1.82) is 5.26 Å². The van der Waals surface area contributed by atoms with Gasteiger partial charge in [-0.05, 0) is 25.7 Å². The molecule has 0 aliphatic heterocycles. The number of nitrogens with zero attached hydrogens (tertiary/aromatic N) is 4. The van der Waals surface area contributed by atoms with Gasteiger partial charge in [0.2, 0.25) is 10.0 Å². The molecule has 2 rings (SSSR count). The molecule has 0 amide bonds. The lowest BCUT2D eigenvalue weighted by atomic mass is 9.99. The predicted octanol–water partition coefficient (Wildman–Crippen LogP) is 1.46. The molecule has 0 saturated heterocycles. The minimum atomic E-state index is -3.95. The van der Waals surface area contributed by atoms with Crippen LogP contribution >= 0.6 is 0 Å². The van der Waals surface area contributed by atoms with Gasteiger partial charge < -0.3 is 0 Å². The van der Waals surface area contributed by atoms with Crippen molar-refractivity contribution in [3.05, 3.63) is 12.4 Å². The van der Waals surface area contributed by atoms with E-state index in [1.54, 1.807) is 6.92 Å². The summed E-state index contributed by atoms with van der Waals surface area (Å²) in [4.78, 5) is -0.187. The number of aromatic nitrogens is 2. The van der Waals surface area contributed by atoms with Gasteiger partial charge in [0.05, 0.1) is 12.3 Å². The van der Waals surface area contributed by atoms with E-state index in [-0.39, 0.29) is 10.8 Å². The zero-order chi connectivity index (χ0) is 15.8. The Kier molecular flexibility index (Phi) is 4.04. The monoisotopic (exact) mass is 318 g/mol. The number of sulfonamides is 1. The van der Waals surface area contributed by atoms with E-state index in [1.807, 2.05) is 0 Å². The quantitative estimate of drug-likeness (QED) is 0.795. The average molecular weight is 318 g/mol. The Labute approximate surface area is 122 Å². The summed E-state index contributed by atoms with van der Waals surface area (Å²) in [7, 11) is -2.61. The molecule has 0 radical (unpaired) electrons. The Morgan fingerprint density at radius 1 is 1.62 bits per heavy atom. The molecule has 21 heavy (non-hydrogen) atoms. The normalized spacial score (nSPS) is 18.7. The molecular formula is C12H16F2N4O2S. The number of nitriles is 1. The molecule has 1 fully saturated rings. The standard InChI is InChI=1S/C12H16F2N4O2S/c1-12(8-15,9-3-4-9)17(2)21(19,20)10-5-16-18(6-10)7-11(13)14/h5-6,9,11H,3-4,7H2,1-2H3/t12-/m1/s1. The molecule has 1 heterocycles. The van der Waals surface area contributed by atoms with Gasteiger partial charge in [0, 0.05) is 13.2 Å². The Morgan fingerprint density at radius 3 is 2.71 bits per heavy atom. The highest BCUT2D eigenvalue weighted by Crippen LogP contribution is 2.43. The second-order valence-electron chi connectivity index (χ2n) is 5.30. The largest absolute Gasteiger partial charge is 0.266 e. The first-order chi connectivity index (χ1) is 9.71. The van der Waals surface area contributed by atoms with Crippen molar-refractivity contribution in [2.24, 2.45) is 5.92 Å². The maximum absolute atomic E-state index is 12.5. The van der Waals surface area contributed by atoms with Gasteiger partial charge in [0.15, 0.2) is 0 Å². The van der Waals surface area contributed by atoms with Crippen LogP contribution in [0, 0.1) is 17.2 Å². The van der Waals surface area contributed by atoms with E-state index in [2.05, 4.69) is 11.2 Å². The highest BCUT2D eigenvalue weighted by Gasteiger charge is 2.49. The van der Waals surface area contributed by atoms with Gasteiger partial charge in [-0.3, -0.25) is 4.68 Å². The molecule has 0 bridgehead atoms. The molecule has 9 heteroatoms. The minimum Gasteiger partial charge on any atom is -0.266 e. The zero-order valence-corrected chi connectivity index (χ0v) is 12.5. The second kappa shape index (κ2) is 5.35. The van der Waals surface area contributed by atoms with Crippen molar-refractivity contribution in [1.82, 2.24) is 14.1 Å². The van der Waals surface area contributed by atoms with Crippen molar-refractivity contribution >= 4 is 10.0 Å². The van der Waals surface area contributed by atoms with E-state index >= 15 is 0 Å². The summed E-state index contributed by atoms with van der Waals surface area (Å²) in [5.74, 6) is -0.00150. The molecule has 1 aliphatic carbocycles. The Morgan fingerprint density at radius 2 is 2.24 bits per heavy atom. The number of halogens is 2. The van der Waals surface area contributed by atoms with Crippen LogP contribution in [-0.2, 0) is 16.6 Å². The Bertz CT molecular complexity index is 663. The van der Waals surface area contributed by atoms with E-state index in [4.69, 9.17) is 0 Å². The summed E-state index contributed by atoms with van der Waals surface area (Å²) in [6.45, 7) is 0.906. The molecule has 1 aliphatic rings. The number of alkyl halides is 2. The van der Waals surface area contributed by atoms with Gasteiger partial charge in [-0.2, -0.15) is 14.7 Å². The Balaban J connectivity index is 2.29. The van der Waals surface area contributed by atoms with E-state index in [0.717, 1.165) is 34.2 Å². The fourth-order valence-electron chi connectivity index (χ4n) is 2.19. The molecular weight excluding hydrogens is 302 g/mol. The molecule has 116 valence electrons. The van der Waals surface area contributed by atoms with E-state index < -0.39 is 28.5 Å². The highest BCUT2D eigenvalue weighted by molar-refractivity contribution is 7.89. The smallest absolute Gasteiger partial charge is 0.257 e. The minimum absolute atomic E-state index is 0.00150. The molecule has 1 saturated carbocycles. The van der Waals surface area contributed by atoms with Crippen molar-refractivity contribution in [3.63, 3.8) is 0 Å². The molecule has 0 N–H and O–H groups in total. The van der Waals surface area contributed by atoms with E-state index in [1.165, 1.54) is 7.05 Å². The van der Waals surface area contributed by atoms with Gasteiger partial charge >= 0.3 is 0 Å². The van der Waals surface area contributed by atoms with Gasteiger partial charge in [0.25, 0.3) is 6.43 Å². The van der Waals surface area contributed by atoms with Crippen molar-refractivity contribution < 1.29 is 17.2 Å². The van der Waals surface area contributed by atoms with Gasteiger partial charge in [-0.1, -0.05) is 0 Å².